The number of rotatable bonds is 3. The Balaban J connectivity index is 2.49. The summed E-state index contributed by atoms with van der Waals surface area (Å²) in [5.74, 6) is 0. The number of hydrogen-bond donors (Lipinski definition) is 1. The Labute approximate surface area is 96.3 Å². The van der Waals surface area contributed by atoms with E-state index in [0.29, 0.717) is 0 Å². The van der Waals surface area contributed by atoms with Crippen LogP contribution in [0.2, 0.25) is 0 Å². The molecule has 16 heavy (non-hydrogen) atoms. The van der Waals surface area contributed by atoms with E-state index in [-0.39, 0.29) is 6.04 Å². The van der Waals surface area contributed by atoms with Gasteiger partial charge in [0.1, 0.15) is 0 Å². The largest absolute Gasteiger partial charge is 0.472 e. The standard InChI is InChI=1S/C14H17NO/c1-10-5-4-6-11(2)13(10)14(15-3)12-7-8-16-9-12/h4-9,14-15H,1-3H3. The number of aryl methyl sites for hydroxylation is 2. The van der Waals surface area contributed by atoms with Crippen LogP contribution < -0.4 is 5.32 Å². The van der Waals surface area contributed by atoms with E-state index in [4.69, 9.17) is 4.42 Å². The Hall–Kier alpha value is -1.54. The van der Waals surface area contributed by atoms with E-state index in [1.807, 2.05) is 13.1 Å². The second kappa shape index (κ2) is 4.54. The van der Waals surface area contributed by atoms with Gasteiger partial charge in [0, 0.05) is 5.56 Å². The molecule has 0 saturated carbocycles. The molecule has 0 aliphatic carbocycles. The Morgan fingerprint density at radius 2 is 1.81 bits per heavy atom. The van der Waals surface area contributed by atoms with Gasteiger partial charge in [0.05, 0.1) is 18.6 Å². The van der Waals surface area contributed by atoms with Crippen molar-refractivity contribution in [3.63, 3.8) is 0 Å². The van der Waals surface area contributed by atoms with E-state index in [9.17, 15) is 0 Å². The molecule has 0 bridgehead atoms. The topological polar surface area (TPSA) is 25.2 Å². The third kappa shape index (κ3) is 1.89. The highest BCUT2D eigenvalue weighted by Gasteiger charge is 2.16. The van der Waals surface area contributed by atoms with Gasteiger partial charge in [0.15, 0.2) is 0 Å². The van der Waals surface area contributed by atoms with Crippen molar-refractivity contribution in [2.24, 2.45) is 0 Å². The van der Waals surface area contributed by atoms with Crippen LogP contribution in [0.15, 0.2) is 41.2 Å². The summed E-state index contributed by atoms with van der Waals surface area (Å²) in [6, 6.07) is 8.60. The summed E-state index contributed by atoms with van der Waals surface area (Å²) in [7, 11) is 1.98. The molecule has 0 radical (unpaired) electrons. The molecule has 1 N–H and O–H groups in total. The van der Waals surface area contributed by atoms with E-state index < -0.39 is 0 Å². The Bertz CT molecular complexity index is 439. The average Bonchev–Trinajstić information content (AvgIpc) is 2.77. The molecule has 0 aliphatic rings. The Kier molecular flexibility index (Phi) is 3.11. The number of furan rings is 1. The highest BCUT2D eigenvalue weighted by Crippen LogP contribution is 2.27. The predicted molar refractivity (Wildman–Crippen MR) is 65.5 cm³/mol. The highest BCUT2D eigenvalue weighted by atomic mass is 16.3. The van der Waals surface area contributed by atoms with E-state index in [1.54, 1.807) is 12.5 Å². The van der Waals surface area contributed by atoms with Crippen LogP contribution >= 0.6 is 0 Å². The molecule has 0 fully saturated rings. The normalized spacial score (nSPS) is 12.7. The van der Waals surface area contributed by atoms with Crippen molar-refractivity contribution in [3.8, 4) is 0 Å². The first kappa shape index (κ1) is 11.0. The number of benzene rings is 1. The molecular formula is C14H17NO. The molecule has 1 aromatic heterocycles. The van der Waals surface area contributed by atoms with Gasteiger partial charge in [0.25, 0.3) is 0 Å². The van der Waals surface area contributed by atoms with Crippen molar-refractivity contribution >= 4 is 0 Å². The fourth-order valence-electron chi connectivity index (χ4n) is 2.20. The minimum Gasteiger partial charge on any atom is -0.472 e. The van der Waals surface area contributed by atoms with E-state index >= 15 is 0 Å². The maximum Gasteiger partial charge on any atom is 0.0953 e. The van der Waals surface area contributed by atoms with Gasteiger partial charge < -0.3 is 9.73 Å². The van der Waals surface area contributed by atoms with Crippen molar-refractivity contribution in [2.75, 3.05) is 7.05 Å². The molecule has 1 unspecified atom stereocenters. The minimum atomic E-state index is 0.208. The monoisotopic (exact) mass is 215 g/mol. The lowest BCUT2D eigenvalue weighted by Crippen LogP contribution is -2.19. The van der Waals surface area contributed by atoms with Crippen LogP contribution in [0.4, 0.5) is 0 Å². The SMILES string of the molecule is CNC(c1ccoc1)c1c(C)cccc1C. The second-order valence-electron chi connectivity index (χ2n) is 4.08. The lowest BCUT2D eigenvalue weighted by Gasteiger charge is -2.19. The number of hydrogen-bond acceptors (Lipinski definition) is 2. The molecule has 2 heteroatoms. The van der Waals surface area contributed by atoms with Crippen LogP contribution in [0.25, 0.3) is 0 Å². The van der Waals surface area contributed by atoms with Gasteiger partial charge in [-0.2, -0.15) is 0 Å². The minimum absolute atomic E-state index is 0.208. The fourth-order valence-corrected chi connectivity index (χ4v) is 2.20. The lowest BCUT2D eigenvalue weighted by atomic mass is 9.93. The highest BCUT2D eigenvalue weighted by molar-refractivity contribution is 5.40. The van der Waals surface area contributed by atoms with Gasteiger partial charge in [-0.25, -0.2) is 0 Å². The van der Waals surface area contributed by atoms with Gasteiger partial charge >= 0.3 is 0 Å². The first-order valence-electron chi connectivity index (χ1n) is 5.49. The predicted octanol–water partition coefficient (Wildman–Crippen LogP) is 3.21. The lowest BCUT2D eigenvalue weighted by molar-refractivity contribution is 0.557. The smallest absolute Gasteiger partial charge is 0.0953 e. The summed E-state index contributed by atoms with van der Waals surface area (Å²) in [5.41, 5.74) is 5.12. The molecule has 1 atom stereocenters. The molecule has 2 nitrogen and oxygen atoms in total. The third-order valence-electron chi connectivity index (χ3n) is 3.00. The molecule has 0 spiro atoms. The summed E-state index contributed by atoms with van der Waals surface area (Å²) in [6.45, 7) is 4.29. The summed E-state index contributed by atoms with van der Waals surface area (Å²) in [5, 5.41) is 3.34. The van der Waals surface area contributed by atoms with Crippen LogP contribution in [0.3, 0.4) is 0 Å². The van der Waals surface area contributed by atoms with Crippen LogP contribution in [0.5, 0.6) is 0 Å². The Morgan fingerprint density at radius 1 is 1.12 bits per heavy atom. The van der Waals surface area contributed by atoms with Crippen molar-refractivity contribution in [1.29, 1.82) is 0 Å². The molecule has 0 amide bonds. The Morgan fingerprint density at radius 3 is 2.31 bits per heavy atom. The average molecular weight is 215 g/mol. The van der Waals surface area contributed by atoms with Crippen LogP contribution in [0.1, 0.15) is 28.3 Å². The summed E-state index contributed by atoms with van der Waals surface area (Å²) in [6.07, 6.45) is 3.51. The molecule has 2 aromatic rings. The zero-order valence-corrected chi connectivity index (χ0v) is 9.95. The van der Waals surface area contributed by atoms with Gasteiger partial charge in [-0.15, -0.1) is 0 Å². The third-order valence-corrected chi connectivity index (χ3v) is 3.00. The van der Waals surface area contributed by atoms with Crippen molar-refractivity contribution in [2.45, 2.75) is 19.9 Å². The molecule has 0 aliphatic heterocycles. The van der Waals surface area contributed by atoms with E-state index in [0.717, 1.165) is 0 Å². The summed E-state index contributed by atoms with van der Waals surface area (Å²) >= 11 is 0. The van der Waals surface area contributed by atoms with Crippen LogP contribution in [0, 0.1) is 13.8 Å². The fraction of sp³-hybridized carbons (Fsp3) is 0.286. The summed E-state index contributed by atoms with van der Waals surface area (Å²) < 4.78 is 5.16. The van der Waals surface area contributed by atoms with Crippen molar-refractivity contribution < 1.29 is 4.42 Å². The first-order valence-corrected chi connectivity index (χ1v) is 5.49. The van der Waals surface area contributed by atoms with Gasteiger partial charge in [-0.3, -0.25) is 0 Å². The van der Waals surface area contributed by atoms with Gasteiger partial charge in [-0.1, -0.05) is 18.2 Å². The molecule has 1 heterocycles. The number of nitrogens with one attached hydrogen (secondary N) is 1. The second-order valence-corrected chi connectivity index (χ2v) is 4.08. The van der Waals surface area contributed by atoms with Crippen LogP contribution in [-0.4, -0.2) is 7.05 Å². The maximum absolute atomic E-state index is 5.16. The van der Waals surface area contributed by atoms with Crippen molar-refractivity contribution in [3.05, 3.63) is 59.0 Å². The van der Waals surface area contributed by atoms with Crippen molar-refractivity contribution in [1.82, 2.24) is 5.32 Å². The van der Waals surface area contributed by atoms with Gasteiger partial charge in [-0.05, 0) is 43.7 Å². The quantitative estimate of drug-likeness (QED) is 0.850. The molecule has 84 valence electrons. The van der Waals surface area contributed by atoms with E-state index in [2.05, 4.69) is 37.4 Å². The van der Waals surface area contributed by atoms with Crippen LogP contribution in [-0.2, 0) is 0 Å². The molecule has 1 aromatic carbocycles. The maximum atomic E-state index is 5.16. The molecule has 2 rings (SSSR count). The summed E-state index contributed by atoms with van der Waals surface area (Å²) in [4.78, 5) is 0. The molecular weight excluding hydrogens is 198 g/mol. The van der Waals surface area contributed by atoms with Gasteiger partial charge in [0.2, 0.25) is 0 Å². The molecule has 0 saturated heterocycles. The zero-order valence-electron chi connectivity index (χ0n) is 9.95. The first-order chi connectivity index (χ1) is 7.74. The zero-order chi connectivity index (χ0) is 11.5. The van der Waals surface area contributed by atoms with E-state index in [1.165, 1.54) is 22.3 Å².